The standard InChI is InChI=1S/C24H24BrNO4S/c1-4-19-12-13-23(21(25)15-19)30-16-24(27)26(22-14-17(2)10-11-18(22)3)31(28,29)20-8-6-5-7-9-20/h5-15H,4,16H2,1-3H3. The van der Waals surface area contributed by atoms with E-state index >= 15 is 0 Å². The SMILES string of the molecule is CCc1ccc(OCC(=O)N(c2cc(C)ccc2C)S(=O)(=O)c2ccccc2)c(Br)c1. The second-order valence-electron chi connectivity index (χ2n) is 7.17. The van der Waals surface area contributed by atoms with E-state index in [0.29, 0.717) is 21.5 Å². The monoisotopic (exact) mass is 501 g/mol. The maximum atomic E-state index is 13.4. The molecule has 0 spiro atoms. The van der Waals surface area contributed by atoms with Crippen molar-refractivity contribution in [3.63, 3.8) is 0 Å². The van der Waals surface area contributed by atoms with Crippen molar-refractivity contribution in [2.45, 2.75) is 32.1 Å². The first-order valence-electron chi connectivity index (χ1n) is 9.85. The molecular weight excluding hydrogens is 478 g/mol. The number of rotatable bonds is 7. The van der Waals surface area contributed by atoms with Crippen LogP contribution < -0.4 is 9.04 Å². The van der Waals surface area contributed by atoms with Crippen LogP contribution in [0.5, 0.6) is 5.75 Å². The molecule has 3 aromatic rings. The molecular formula is C24H24BrNO4S. The van der Waals surface area contributed by atoms with E-state index in [9.17, 15) is 13.2 Å². The smallest absolute Gasteiger partial charge is 0.278 e. The van der Waals surface area contributed by atoms with Gasteiger partial charge in [0.25, 0.3) is 15.9 Å². The average molecular weight is 502 g/mol. The van der Waals surface area contributed by atoms with E-state index in [-0.39, 0.29) is 4.90 Å². The Balaban J connectivity index is 1.98. The molecule has 0 radical (unpaired) electrons. The summed E-state index contributed by atoms with van der Waals surface area (Å²) in [5.74, 6) is -0.201. The van der Waals surface area contributed by atoms with Crippen molar-refractivity contribution in [3.05, 3.63) is 87.9 Å². The molecule has 7 heteroatoms. The van der Waals surface area contributed by atoms with Gasteiger partial charge in [-0.3, -0.25) is 4.79 Å². The summed E-state index contributed by atoms with van der Waals surface area (Å²) in [6.07, 6.45) is 0.869. The van der Waals surface area contributed by atoms with Crippen LogP contribution in [-0.2, 0) is 21.2 Å². The summed E-state index contributed by atoms with van der Waals surface area (Å²) < 4.78 is 34.1. The Hall–Kier alpha value is -2.64. The number of halogens is 1. The number of hydrogen-bond acceptors (Lipinski definition) is 4. The number of amides is 1. The van der Waals surface area contributed by atoms with Gasteiger partial charge in [0.05, 0.1) is 15.1 Å². The first-order chi connectivity index (χ1) is 14.7. The lowest BCUT2D eigenvalue weighted by atomic mass is 10.1. The van der Waals surface area contributed by atoms with E-state index < -0.39 is 22.5 Å². The van der Waals surface area contributed by atoms with Crippen LogP contribution in [0.2, 0.25) is 0 Å². The highest BCUT2D eigenvalue weighted by Crippen LogP contribution is 2.30. The van der Waals surface area contributed by atoms with Gasteiger partial charge in [-0.2, -0.15) is 4.31 Å². The number of ether oxygens (including phenoxy) is 1. The lowest BCUT2D eigenvalue weighted by Crippen LogP contribution is -2.40. The number of hydrogen-bond donors (Lipinski definition) is 0. The van der Waals surface area contributed by atoms with Crippen LogP contribution >= 0.6 is 15.9 Å². The van der Waals surface area contributed by atoms with Crippen LogP contribution in [0.25, 0.3) is 0 Å². The minimum atomic E-state index is -4.13. The molecule has 0 saturated heterocycles. The molecule has 0 unspecified atom stereocenters. The predicted molar refractivity (Wildman–Crippen MR) is 126 cm³/mol. The van der Waals surface area contributed by atoms with Gasteiger partial charge < -0.3 is 4.74 Å². The van der Waals surface area contributed by atoms with Gasteiger partial charge >= 0.3 is 0 Å². The van der Waals surface area contributed by atoms with Crippen molar-refractivity contribution in [1.82, 2.24) is 0 Å². The summed E-state index contributed by atoms with van der Waals surface area (Å²) in [5.41, 5.74) is 2.96. The van der Waals surface area contributed by atoms with Gasteiger partial charge in [0.1, 0.15) is 5.75 Å². The van der Waals surface area contributed by atoms with Gasteiger partial charge in [0.15, 0.2) is 6.61 Å². The summed E-state index contributed by atoms with van der Waals surface area (Å²) in [4.78, 5) is 13.3. The number of aryl methyl sites for hydroxylation is 3. The molecule has 3 aromatic carbocycles. The number of nitrogens with zero attached hydrogens (tertiary/aromatic N) is 1. The molecule has 3 rings (SSSR count). The molecule has 0 fully saturated rings. The van der Waals surface area contributed by atoms with Gasteiger partial charge in [0, 0.05) is 0 Å². The molecule has 0 aliphatic rings. The Morgan fingerprint density at radius 3 is 2.35 bits per heavy atom. The quantitative estimate of drug-likeness (QED) is 0.432. The number of carbonyl (C=O) groups excluding carboxylic acids is 1. The van der Waals surface area contributed by atoms with Gasteiger partial charge in [-0.05, 0) is 83.2 Å². The highest BCUT2D eigenvalue weighted by molar-refractivity contribution is 9.10. The largest absolute Gasteiger partial charge is 0.483 e. The number of anilines is 1. The maximum Gasteiger partial charge on any atom is 0.278 e. The molecule has 0 aliphatic carbocycles. The first-order valence-corrected chi connectivity index (χ1v) is 12.1. The van der Waals surface area contributed by atoms with Crippen molar-refractivity contribution < 1.29 is 17.9 Å². The minimum Gasteiger partial charge on any atom is -0.483 e. The zero-order chi connectivity index (χ0) is 22.6. The van der Waals surface area contributed by atoms with E-state index in [1.54, 1.807) is 43.3 Å². The fourth-order valence-electron chi connectivity index (χ4n) is 3.11. The Kier molecular flexibility index (Phi) is 7.18. The topological polar surface area (TPSA) is 63.7 Å². The van der Waals surface area contributed by atoms with Crippen molar-refractivity contribution in [2.24, 2.45) is 0 Å². The van der Waals surface area contributed by atoms with Gasteiger partial charge in [-0.25, -0.2) is 8.42 Å². The van der Waals surface area contributed by atoms with Crippen LogP contribution in [0, 0.1) is 13.8 Å². The molecule has 1 amide bonds. The number of carbonyl (C=O) groups is 1. The first kappa shape index (κ1) is 23.0. The van der Waals surface area contributed by atoms with E-state index in [1.807, 2.05) is 32.0 Å². The van der Waals surface area contributed by atoms with E-state index in [0.717, 1.165) is 21.9 Å². The Labute approximate surface area is 191 Å². The molecule has 0 atom stereocenters. The normalized spacial score (nSPS) is 11.2. The fourth-order valence-corrected chi connectivity index (χ4v) is 5.14. The summed E-state index contributed by atoms with van der Waals surface area (Å²) in [6, 6.07) is 18.9. The fraction of sp³-hybridized carbons (Fsp3) is 0.208. The molecule has 5 nitrogen and oxygen atoms in total. The van der Waals surface area contributed by atoms with Crippen molar-refractivity contribution in [2.75, 3.05) is 10.9 Å². The average Bonchev–Trinajstić information content (AvgIpc) is 2.76. The third-order valence-corrected chi connectivity index (χ3v) is 7.22. The second-order valence-corrected chi connectivity index (χ2v) is 9.81. The van der Waals surface area contributed by atoms with Crippen LogP contribution in [-0.4, -0.2) is 20.9 Å². The third kappa shape index (κ3) is 5.17. The predicted octanol–water partition coefficient (Wildman–Crippen LogP) is 5.43. The van der Waals surface area contributed by atoms with Crippen LogP contribution in [0.1, 0.15) is 23.6 Å². The summed E-state index contributed by atoms with van der Waals surface area (Å²) in [7, 11) is -4.13. The number of benzene rings is 3. The van der Waals surface area contributed by atoms with Crippen LogP contribution in [0.15, 0.2) is 76.1 Å². The maximum absolute atomic E-state index is 13.4. The van der Waals surface area contributed by atoms with E-state index in [2.05, 4.69) is 15.9 Å². The highest BCUT2D eigenvalue weighted by atomic mass is 79.9. The molecule has 0 aliphatic heterocycles. The molecule has 162 valence electrons. The second kappa shape index (κ2) is 9.66. The lowest BCUT2D eigenvalue weighted by molar-refractivity contribution is -0.119. The third-order valence-electron chi connectivity index (χ3n) is 4.85. The van der Waals surface area contributed by atoms with Crippen molar-refractivity contribution in [3.8, 4) is 5.75 Å². The molecule has 0 saturated carbocycles. The van der Waals surface area contributed by atoms with Gasteiger partial charge in [-0.15, -0.1) is 0 Å². The van der Waals surface area contributed by atoms with E-state index in [1.165, 1.54) is 12.1 Å². The highest BCUT2D eigenvalue weighted by Gasteiger charge is 2.32. The summed E-state index contributed by atoms with van der Waals surface area (Å²) >= 11 is 3.45. The Morgan fingerprint density at radius 2 is 1.71 bits per heavy atom. The van der Waals surface area contributed by atoms with Gasteiger partial charge in [-0.1, -0.05) is 43.3 Å². The molecule has 0 aromatic heterocycles. The molecule has 0 heterocycles. The lowest BCUT2D eigenvalue weighted by Gasteiger charge is -2.25. The van der Waals surface area contributed by atoms with Gasteiger partial charge in [0.2, 0.25) is 0 Å². The molecule has 0 N–H and O–H groups in total. The Morgan fingerprint density at radius 1 is 1.00 bits per heavy atom. The summed E-state index contributed by atoms with van der Waals surface area (Å²) in [6.45, 7) is 5.24. The zero-order valence-corrected chi connectivity index (χ0v) is 20.0. The zero-order valence-electron chi connectivity index (χ0n) is 17.6. The van der Waals surface area contributed by atoms with E-state index in [4.69, 9.17) is 4.74 Å². The van der Waals surface area contributed by atoms with Crippen LogP contribution in [0.4, 0.5) is 5.69 Å². The molecule has 31 heavy (non-hydrogen) atoms. The molecule has 0 bridgehead atoms. The van der Waals surface area contributed by atoms with Crippen LogP contribution in [0.3, 0.4) is 0 Å². The summed E-state index contributed by atoms with van der Waals surface area (Å²) in [5, 5.41) is 0. The minimum absolute atomic E-state index is 0.0396. The Bertz CT molecular complexity index is 1190. The van der Waals surface area contributed by atoms with Crippen molar-refractivity contribution >= 4 is 37.5 Å². The number of sulfonamides is 1. The van der Waals surface area contributed by atoms with Crippen molar-refractivity contribution in [1.29, 1.82) is 0 Å².